The molecule has 0 saturated heterocycles. The number of aliphatic hydroxyl groups is 2. The van der Waals surface area contributed by atoms with E-state index in [4.69, 9.17) is 29.7 Å². The number of aliphatic hydroxyl groups excluding tert-OH is 2. The smallest absolute Gasteiger partial charge is 0.114 e. The van der Waals surface area contributed by atoms with E-state index in [1.807, 2.05) is 142 Å². The van der Waals surface area contributed by atoms with Crippen molar-refractivity contribution in [2.45, 2.75) is 65.6 Å². The number of ether oxygens (including phenoxy) is 2. The third-order valence-electron chi connectivity index (χ3n) is 23.1. The normalized spacial score (nSPS) is 11.8. The summed E-state index contributed by atoms with van der Waals surface area (Å²) in [5, 5.41) is 24.5. The van der Waals surface area contributed by atoms with E-state index in [9.17, 15) is 0 Å². The van der Waals surface area contributed by atoms with Gasteiger partial charge in [0.15, 0.2) is 0 Å². The van der Waals surface area contributed by atoms with Gasteiger partial charge in [-0.15, -0.1) is 71.0 Å². The van der Waals surface area contributed by atoms with Gasteiger partial charge in [-0.25, -0.2) is 4.98 Å². The van der Waals surface area contributed by atoms with Crippen molar-refractivity contribution in [2.75, 3.05) is 4.90 Å². The fraction of sp³-hybridized carbons (Fsp3) is 0.0847. The molecule has 1 aliphatic carbocycles. The van der Waals surface area contributed by atoms with Crippen molar-refractivity contribution in [1.82, 2.24) is 29.9 Å². The van der Waals surface area contributed by atoms with Crippen LogP contribution >= 0.6 is 11.3 Å². The summed E-state index contributed by atoms with van der Waals surface area (Å²) < 4.78 is 14.1. The maximum absolute atomic E-state index is 8.56. The van der Waals surface area contributed by atoms with Gasteiger partial charge in [-0.3, -0.25) is 15.0 Å². The van der Waals surface area contributed by atoms with Gasteiger partial charge in [-0.05, 0) is 187 Å². The van der Waals surface area contributed by atoms with E-state index < -0.39 is 5.41 Å². The molecule has 2 unspecified atom stereocenters. The largest absolute Gasteiger partial charge is 0.502 e. The van der Waals surface area contributed by atoms with Crippen molar-refractivity contribution >= 4 is 81.1 Å². The van der Waals surface area contributed by atoms with Crippen molar-refractivity contribution < 1.29 is 59.9 Å². The third-order valence-corrected chi connectivity index (χ3v) is 24.3. The predicted octanol–water partition coefficient (Wildman–Crippen LogP) is 29.7. The second-order valence-electron chi connectivity index (χ2n) is 32.3. The zero-order chi connectivity index (χ0) is 88.9. The van der Waals surface area contributed by atoms with Crippen LogP contribution in [0.4, 0.5) is 17.1 Å². The second kappa shape index (κ2) is 42.0. The van der Waals surface area contributed by atoms with E-state index in [1.165, 1.54) is 86.6 Å². The number of aromatic nitrogens is 6. The molecule has 0 amide bonds. The topological polar surface area (TPSA) is 140 Å². The van der Waals surface area contributed by atoms with Crippen LogP contribution in [0.2, 0.25) is 0 Å². The van der Waals surface area contributed by atoms with Gasteiger partial charge >= 0.3 is 0 Å². The van der Waals surface area contributed by atoms with Crippen molar-refractivity contribution in [3.05, 3.63) is 476 Å². The third kappa shape index (κ3) is 20.0. The number of anilines is 3. The van der Waals surface area contributed by atoms with Crippen molar-refractivity contribution in [3.8, 4) is 90.2 Å². The van der Waals surface area contributed by atoms with Crippen LogP contribution in [0.1, 0.15) is 65.3 Å². The van der Waals surface area contributed by atoms with Crippen LogP contribution in [-0.4, -0.2) is 52.3 Å². The average molecular weight is 2090 g/mol. The monoisotopic (exact) mass is 2090 g/mol. The van der Waals surface area contributed by atoms with Gasteiger partial charge in [0.05, 0.1) is 51.9 Å². The fourth-order valence-corrected chi connectivity index (χ4v) is 18.6. The molecule has 0 spiro atoms. The number of hydrogen-bond donors (Lipinski definition) is 2. The van der Waals surface area contributed by atoms with Gasteiger partial charge in [0.2, 0.25) is 0 Å². The molecule has 2 radical (unpaired) electrons. The molecule has 0 saturated carbocycles. The van der Waals surface area contributed by atoms with Gasteiger partial charge in [-0.2, -0.15) is 0 Å². The van der Waals surface area contributed by atoms with Gasteiger partial charge in [0.1, 0.15) is 11.5 Å². The Balaban J connectivity index is 0.000000130. The number of thiophene rings is 1. The first kappa shape index (κ1) is 90.9. The number of aryl methyl sites for hydroxylation is 4. The number of benzene rings is 17. The SMILES string of the molecule is CC(O)CC(C)O.Cc1cnc(-c2[c-]cc(Oc3ccccc3)cc2)c(C)n1.Cc1cnc(-c2[c-]cc(Oc3ccccc3)cc2)c(C)n1.[Ir].[Ir].c1cc(-c2cnc3c4ccccc4c4ccccc4c3n2)cc(-c2cccc3c2sc2ccccc23)c1.c1ccc(-c2ccc(N(c3ccccc3)c3ccc(C4(c5ccccc5)c5ccccc5-c5ccccc54)cc3)cc2)cc1. The van der Waals surface area contributed by atoms with E-state index in [-0.39, 0.29) is 52.4 Å². The van der Waals surface area contributed by atoms with Crippen molar-refractivity contribution in [2.24, 2.45) is 0 Å². The minimum absolute atomic E-state index is 0. The van der Waals surface area contributed by atoms with Crippen LogP contribution in [0.25, 0.3) is 120 Å². The van der Waals surface area contributed by atoms with Crippen LogP contribution in [0, 0.1) is 39.8 Å². The first-order valence-electron chi connectivity index (χ1n) is 43.7. The molecule has 2 atom stereocenters. The summed E-state index contributed by atoms with van der Waals surface area (Å²) in [7, 11) is 0. The number of fused-ring (bicyclic) bond motifs is 12. The Hall–Kier alpha value is -14.4. The summed E-state index contributed by atoms with van der Waals surface area (Å²) in [5.74, 6) is 3.13. The number of rotatable bonds is 16. The molecule has 0 bridgehead atoms. The van der Waals surface area contributed by atoms with Gasteiger partial charge in [-0.1, -0.05) is 291 Å². The molecule has 17 aromatic carbocycles. The van der Waals surface area contributed by atoms with E-state index in [0.717, 1.165) is 118 Å². The Morgan fingerprint density at radius 1 is 0.341 bits per heavy atom. The van der Waals surface area contributed by atoms with E-state index in [0.29, 0.717) is 6.42 Å². The zero-order valence-corrected chi connectivity index (χ0v) is 79.2. The Morgan fingerprint density at radius 3 is 1.27 bits per heavy atom. The molecule has 132 heavy (non-hydrogen) atoms. The molecule has 0 fully saturated rings. The molecule has 4 aromatic heterocycles. The summed E-state index contributed by atoms with van der Waals surface area (Å²) >= 11 is 1.86. The molecule has 4 heterocycles. The predicted molar refractivity (Wildman–Crippen MR) is 535 cm³/mol. The molecule has 21 aromatic rings. The maximum atomic E-state index is 8.56. The Labute approximate surface area is 801 Å². The molecule has 14 heteroatoms. The summed E-state index contributed by atoms with van der Waals surface area (Å²) in [4.78, 5) is 30.2. The fourth-order valence-electron chi connectivity index (χ4n) is 17.3. The summed E-state index contributed by atoms with van der Waals surface area (Å²) in [5.41, 5.74) is 26.7. The molecule has 11 nitrogen and oxygen atoms in total. The average Bonchev–Trinajstić information content (AvgIpc) is 1.53. The Kier molecular flexibility index (Phi) is 28.9. The molecule has 0 aliphatic heterocycles. The van der Waals surface area contributed by atoms with Crippen molar-refractivity contribution in [3.63, 3.8) is 0 Å². The molecule has 22 rings (SSSR count). The number of para-hydroxylation sites is 3. The maximum Gasteiger partial charge on any atom is 0.114 e. The van der Waals surface area contributed by atoms with Crippen molar-refractivity contribution in [1.29, 1.82) is 0 Å². The quantitative estimate of drug-likeness (QED) is 0.0706. The molecule has 650 valence electrons. The second-order valence-corrected chi connectivity index (χ2v) is 33.3. The van der Waals surface area contributed by atoms with Crippen LogP contribution in [0.5, 0.6) is 23.0 Å². The minimum Gasteiger partial charge on any atom is -0.502 e. The van der Waals surface area contributed by atoms with Gasteiger partial charge in [0.25, 0.3) is 0 Å². The molecular weight excluding hydrogens is 2000 g/mol. The van der Waals surface area contributed by atoms with Crippen LogP contribution < -0.4 is 14.4 Å². The van der Waals surface area contributed by atoms with E-state index >= 15 is 0 Å². The minimum atomic E-state index is -0.401. The summed E-state index contributed by atoms with van der Waals surface area (Å²) in [6.07, 6.45) is 5.18. The summed E-state index contributed by atoms with van der Waals surface area (Å²) in [6, 6.07) is 146. The van der Waals surface area contributed by atoms with Gasteiger partial charge < -0.3 is 34.6 Å². The van der Waals surface area contributed by atoms with Crippen LogP contribution in [0.15, 0.2) is 419 Å². The Morgan fingerprint density at radius 2 is 0.750 bits per heavy atom. The van der Waals surface area contributed by atoms with Gasteiger partial charge in [0, 0.05) is 140 Å². The van der Waals surface area contributed by atoms with Crippen LogP contribution in [-0.2, 0) is 45.6 Å². The number of hydrogen-bond acceptors (Lipinski definition) is 12. The molecular formula is C118H93Ir2N7O4S-2. The standard InChI is InChI=1S/C43H31N.C34H20N2S.2C18H15N2O.C5H12O2.2Ir/c1-4-14-32(15-5-1)33-24-28-37(29-25-33)44(36-18-8-3-9-19-36)38-30-26-35(27-31-38)43(34-16-6-2-7-17-34)41-22-12-10-20-39(41)40-21-11-13-23-42(40)43;1-3-14-27-24(11-1)25-12-2-4-15-28(25)33-32(27)35-20-30(36-33)22-10-7-9-21(19-22)23-16-8-17-29-26-13-5-6-18-31(26)37-34(23)29;2*1-13-12-19-18(14(2)20-13)15-8-10-17(11-9-15)21-16-6-4-3-5-7-16;1-4(6)3-5(2)7;;/h1-31H;1-20H;2*3-8,10-12H,1-2H3;4-7H,3H2,1-2H3;;/q;;2*-1;;;. The Bertz CT molecular complexity index is 7270. The van der Waals surface area contributed by atoms with E-state index in [2.05, 4.69) is 340 Å². The summed E-state index contributed by atoms with van der Waals surface area (Å²) in [6.45, 7) is 11.1. The first-order chi connectivity index (χ1) is 63.8. The molecule has 2 N–H and O–H groups in total. The zero-order valence-electron chi connectivity index (χ0n) is 73.6. The van der Waals surface area contributed by atoms with Crippen LogP contribution in [0.3, 0.4) is 0 Å². The van der Waals surface area contributed by atoms with E-state index in [1.54, 1.807) is 26.2 Å². The molecule has 1 aliphatic rings. The number of nitrogens with zero attached hydrogens (tertiary/aromatic N) is 7. The first-order valence-corrected chi connectivity index (χ1v) is 44.5.